The number of primary amides is 1. The van der Waals surface area contributed by atoms with Crippen molar-refractivity contribution in [3.8, 4) is 0 Å². The van der Waals surface area contributed by atoms with E-state index in [0.717, 1.165) is 23.4 Å². The minimum Gasteiger partial charge on any atom is -0.366 e. The Hall–Kier alpha value is -2.87. The summed E-state index contributed by atoms with van der Waals surface area (Å²) in [6.07, 6.45) is 0. The van der Waals surface area contributed by atoms with Crippen LogP contribution in [-0.4, -0.2) is 22.5 Å². The topological polar surface area (TPSA) is 115 Å². The Balaban J connectivity index is 2.08. The van der Waals surface area contributed by atoms with Gasteiger partial charge in [0.05, 0.1) is 15.6 Å². The van der Waals surface area contributed by atoms with Crippen LogP contribution in [0.25, 0.3) is 0 Å². The Labute approximate surface area is 142 Å². The predicted molar refractivity (Wildman–Crippen MR) is 92.1 cm³/mol. The maximum Gasteiger partial charge on any atom is 0.283 e. The molecule has 8 heteroatoms. The average Bonchev–Trinajstić information content (AvgIpc) is 2.54. The number of thioether (sulfide) groups is 1. The fraction of sp³-hybridized carbons (Fsp3) is 0.125. The van der Waals surface area contributed by atoms with Gasteiger partial charge in [-0.25, -0.2) is 0 Å². The van der Waals surface area contributed by atoms with Crippen molar-refractivity contribution in [3.05, 3.63) is 63.7 Å². The lowest BCUT2D eigenvalue weighted by Crippen LogP contribution is -2.15. The molecule has 0 bridgehead atoms. The van der Waals surface area contributed by atoms with Gasteiger partial charge in [0.2, 0.25) is 11.8 Å². The minimum absolute atomic E-state index is 0.00505. The SMILES string of the molecule is Cc1ccccc1NC(=O)CSc1ccc(C(N)=O)cc1[N+](=O)[O-]. The molecular weight excluding hydrogens is 330 g/mol. The smallest absolute Gasteiger partial charge is 0.283 e. The Bertz CT molecular complexity index is 808. The number of aryl methyl sites for hydroxylation is 1. The van der Waals surface area contributed by atoms with Gasteiger partial charge in [0.1, 0.15) is 0 Å². The van der Waals surface area contributed by atoms with E-state index in [4.69, 9.17) is 5.73 Å². The number of nitro groups is 1. The van der Waals surface area contributed by atoms with Crippen LogP contribution in [0.3, 0.4) is 0 Å². The number of hydrogen-bond donors (Lipinski definition) is 2. The molecule has 0 aliphatic carbocycles. The first-order valence-electron chi connectivity index (χ1n) is 6.95. The molecular formula is C16H15N3O4S. The van der Waals surface area contributed by atoms with Crippen molar-refractivity contribution in [2.75, 3.05) is 11.1 Å². The number of amides is 2. The number of benzene rings is 2. The number of rotatable bonds is 6. The number of hydrogen-bond acceptors (Lipinski definition) is 5. The van der Waals surface area contributed by atoms with Crippen LogP contribution in [0.2, 0.25) is 0 Å². The zero-order valence-corrected chi connectivity index (χ0v) is 13.6. The van der Waals surface area contributed by atoms with Crippen LogP contribution < -0.4 is 11.1 Å². The molecule has 0 atom stereocenters. The third-order valence-corrected chi connectivity index (χ3v) is 4.28. The summed E-state index contributed by atoms with van der Waals surface area (Å²) in [5.41, 5.74) is 6.54. The summed E-state index contributed by atoms with van der Waals surface area (Å²) in [4.78, 5) is 33.9. The molecule has 24 heavy (non-hydrogen) atoms. The fourth-order valence-electron chi connectivity index (χ4n) is 1.98. The average molecular weight is 345 g/mol. The van der Waals surface area contributed by atoms with Crippen LogP contribution in [-0.2, 0) is 4.79 Å². The molecule has 0 aromatic heterocycles. The summed E-state index contributed by atoms with van der Waals surface area (Å²) in [6, 6.07) is 11.3. The molecule has 0 spiro atoms. The van der Waals surface area contributed by atoms with Gasteiger partial charge in [-0.3, -0.25) is 19.7 Å². The molecule has 0 saturated heterocycles. The molecule has 0 radical (unpaired) electrons. The number of para-hydroxylation sites is 1. The first kappa shape index (κ1) is 17.5. The molecule has 2 aromatic carbocycles. The van der Waals surface area contributed by atoms with E-state index in [1.54, 1.807) is 6.07 Å². The Morgan fingerprint density at radius 2 is 1.96 bits per heavy atom. The quantitative estimate of drug-likeness (QED) is 0.474. The molecule has 7 nitrogen and oxygen atoms in total. The van der Waals surface area contributed by atoms with E-state index in [0.29, 0.717) is 10.6 Å². The van der Waals surface area contributed by atoms with Gasteiger partial charge in [0.25, 0.3) is 5.69 Å². The van der Waals surface area contributed by atoms with E-state index >= 15 is 0 Å². The zero-order chi connectivity index (χ0) is 17.7. The zero-order valence-electron chi connectivity index (χ0n) is 12.8. The van der Waals surface area contributed by atoms with E-state index in [-0.39, 0.29) is 22.9 Å². The monoisotopic (exact) mass is 345 g/mol. The molecule has 2 rings (SSSR count). The first-order valence-corrected chi connectivity index (χ1v) is 7.93. The van der Waals surface area contributed by atoms with Gasteiger partial charge < -0.3 is 11.1 Å². The van der Waals surface area contributed by atoms with Crippen molar-refractivity contribution < 1.29 is 14.5 Å². The summed E-state index contributed by atoms with van der Waals surface area (Å²) < 4.78 is 0. The second-order valence-electron chi connectivity index (χ2n) is 4.96. The van der Waals surface area contributed by atoms with E-state index < -0.39 is 10.8 Å². The van der Waals surface area contributed by atoms with E-state index in [1.165, 1.54) is 12.1 Å². The Kier molecular flexibility index (Phi) is 5.54. The first-order chi connectivity index (χ1) is 11.4. The highest BCUT2D eigenvalue weighted by atomic mass is 32.2. The maximum atomic E-state index is 12.0. The van der Waals surface area contributed by atoms with Crippen LogP contribution >= 0.6 is 11.8 Å². The molecule has 0 saturated carbocycles. The number of nitrogens with two attached hydrogens (primary N) is 1. The summed E-state index contributed by atoms with van der Waals surface area (Å²) in [7, 11) is 0. The second kappa shape index (κ2) is 7.60. The lowest BCUT2D eigenvalue weighted by atomic mass is 10.2. The summed E-state index contributed by atoms with van der Waals surface area (Å²) in [5.74, 6) is -1.01. The minimum atomic E-state index is -0.744. The second-order valence-corrected chi connectivity index (χ2v) is 5.97. The molecule has 0 aliphatic rings. The van der Waals surface area contributed by atoms with Gasteiger partial charge >= 0.3 is 0 Å². The van der Waals surface area contributed by atoms with Gasteiger partial charge in [-0.15, -0.1) is 11.8 Å². The van der Waals surface area contributed by atoms with Crippen LogP contribution in [0.1, 0.15) is 15.9 Å². The summed E-state index contributed by atoms with van der Waals surface area (Å²) >= 11 is 1.02. The van der Waals surface area contributed by atoms with Crippen LogP contribution in [0, 0.1) is 17.0 Å². The maximum absolute atomic E-state index is 12.0. The van der Waals surface area contributed by atoms with Crippen molar-refractivity contribution in [1.29, 1.82) is 0 Å². The van der Waals surface area contributed by atoms with Gasteiger partial charge in [-0.1, -0.05) is 18.2 Å². The van der Waals surface area contributed by atoms with E-state index in [9.17, 15) is 19.7 Å². The number of carbonyl (C=O) groups is 2. The number of nitrogens with one attached hydrogen (secondary N) is 1. The lowest BCUT2D eigenvalue weighted by Gasteiger charge is -2.08. The van der Waals surface area contributed by atoms with E-state index in [2.05, 4.69) is 5.32 Å². The highest BCUT2D eigenvalue weighted by Crippen LogP contribution is 2.30. The molecule has 0 heterocycles. The molecule has 2 amide bonds. The van der Waals surface area contributed by atoms with Crippen LogP contribution in [0.5, 0.6) is 0 Å². The summed E-state index contributed by atoms with van der Waals surface area (Å²) in [6.45, 7) is 1.87. The third-order valence-electron chi connectivity index (χ3n) is 3.22. The number of carbonyl (C=O) groups excluding carboxylic acids is 2. The van der Waals surface area contributed by atoms with Gasteiger partial charge in [0, 0.05) is 17.3 Å². The Morgan fingerprint density at radius 1 is 1.25 bits per heavy atom. The van der Waals surface area contributed by atoms with E-state index in [1.807, 2.05) is 25.1 Å². The molecule has 0 fully saturated rings. The van der Waals surface area contributed by atoms with Crippen molar-refractivity contribution in [2.45, 2.75) is 11.8 Å². The molecule has 2 aromatic rings. The highest BCUT2D eigenvalue weighted by Gasteiger charge is 2.18. The molecule has 0 aliphatic heterocycles. The van der Waals surface area contributed by atoms with Crippen molar-refractivity contribution in [1.82, 2.24) is 0 Å². The third kappa shape index (κ3) is 4.32. The molecule has 124 valence electrons. The van der Waals surface area contributed by atoms with Gasteiger partial charge in [0.15, 0.2) is 0 Å². The largest absolute Gasteiger partial charge is 0.366 e. The fourth-order valence-corrected chi connectivity index (χ4v) is 2.78. The van der Waals surface area contributed by atoms with Gasteiger partial charge in [-0.2, -0.15) is 0 Å². The van der Waals surface area contributed by atoms with Gasteiger partial charge in [-0.05, 0) is 30.7 Å². The number of anilines is 1. The molecule has 3 N–H and O–H groups in total. The van der Waals surface area contributed by atoms with Crippen molar-refractivity contribution >= 4 is 35.0 Å². The van der Waals surface area contributed by atoms with Crippen molar-refractivity contribution in [3.63, 3.8) is 0 Å². The normalized spacial score (nSPS) is 10.2. The number of nitro benzene ring substituents is 1. The van der Waals surface area contributed by atoms with Crippen molar-refractivity contribution in [2.24, 2.45) is 5.73 Å². The predicted octanol–water partition coefficient (Wildman–Crippen LogP) is 2.73. The summed E-state index contributed by atoms with van der Waals surface area (Å²) in [5, 5.41) is 13.9. The van der Waals surface area contributed by atoms with Crippen LogP contribution in [0.4, 0.5) is 11.4 Å². The lowest BCUT2D eigenvalue weighted by molar-refractivity contribution is -0.387. The highest BCUT2D eigenvalue weighted by molar-refractivity contribution is 8.00. The number of nitrogens with zero attached hydrogens (tertiary/aromatic N) is 1. The van der Waals surface area contributed by atoms with Crippen LogP contribution in [0.15, 0.2) is 47.4 Å². The molecule has 0 unspecified atom stereocenters. The standard InChI is InChI=1S/C16H15N3O4S/c1-10-4-2-3-5-12(10)18-15(20)9-24-14-7-6-11(16(17)21)8-13(14)19(22)23/h2-8H,9H2,1H3,(H2,17,21)(H,18,20). The Morgan fingerprint density at radius 3 is 2.58 bits per heavy atom.